The molecule has 126 valence electrons. The molecular weight excluding hydrogens is 324 g/mol. The van der Waals surface area contributed by atoms with Gasteiger partial charge in [-0.1, -0.05) is 12.1 Å². The van der Waals surface area contributed by atoms with Crippen LogP contribution in [0.2, 0.25) is 0 Å². The number of aromatic nitrogens is 1. The zero-order valence-corrected chi connectivity index (χ0v) is 14.5. The van der Waals surface area contributed by atoms with Crippen LogP contribution in [0.15, 0.2) is 59.6 Å². The maximum Gasteiger partial charge on any atom is 0.243 e. The van der Waals surface area contributed by atoms with Crippen molar-refractivity contribution in [2.24, 2.45) is 0 Å². The SMILES string of the molecule is CCOc1ccc(S(=O)(=O)N(C)Cc2cccc3[nH]ccc23)cc1. The smallest absolute Gasteiger partial charge is 0.243 e. The van der Waals surface area contributed by atoms with Gasteiger partial charge in [-0.25, -0.2) is 8.42 Å². The number of sulfonamides is 1. The molecule has 6 heteroatoms. The molecule has 0 unspecified atom stereocenters. The van der Waals surface area contributed by atoms with Crippen LogP contribution < -0.4 is 4.74 Å². The number of aromatic amines is 1. The van der Waals surface area contributed by atoms with Crippen LogP contribution in [0.4, 0.5) is 0 Å². The maximum atomic E-state index is 12.8. The number of nitrogens with zero attached hydrogens (tertiary/aromatic N) is 1. The number of H-pyrrole nitrogens is 1. The van der Waals surface area contributed by atoms with Gasteiger partial charge in [0.05, 0.1) is 11.5 Å². The third-order valence-corrected chi connectivity index (χ3v) is 5.74. The lowest BCUT2D eigenvalue weighted by molar-refractivity contribution is 0.340. The van der Waals surface area contributed by atoms with Gasteiger partial charge in [0.2, 0.25) is 10.0 Å². The molecule has 0 radical (unpaired) electrons. The molecule has 0 saturated carbocycles. The number of hydrogen-bond donors (Lipinski definition) is 1. The van der Waals surface area contributed by atoms with Crippen LogP contribution >= 0.6 is 0 Å². The lowest BCUT2D eigenvalue weighted by Crippen LogP contribution is -2.26. The molecule has 0 aliphatic heterocycles. The van der Waals surface area contributed by atoms with Crippen molar-refractivity contribution in [3.8, 4) is 5.75 Å². The van der Waals surface area contributed by atoms with E-state index in [1.807, 2.05) is 37.4 Å². The van der Waals surface area contributed by atoms with Crippen LogP contribution in [-0.2, 0) is 16.6 Å². The van der Waals surface area contributed by atoms with Crippen LogP contribution in [-0.4, -0.2) is 31.4 Å². The Hall–Kier alpha value is -2.31. The molecule has 24 heavy (non-hydrogen) atoms. The molecule has 2 aromatic carbocycles. The molecule has 0 atom stereocenters. The van der Waals surface area contributed by atoms with E-state index in [2.05, 4.69) is 4.98 Å². The van der Waals surface area contributed by atoms with Gasteiger partial charge in [-0.15, -0.1) is 0 Å². The fourth-order valence-corrected chi connectivity index (χ4v) is 3.82. The van der Waals surface area contributed by atoms with Gasteiger partial charge >= 0.3 is 0 Å². The molecule has 5 nitrogen and oxygen atoms in total. The summed E-state index contributed by atoms with van der Waals surface area (Å²) in [6, 6.07) is 14.3. The van der Waals surface area contributed by atoms with Gasteiger partial charge in [0.15, 0.2) is 0 Å². The largest absolute Gasteiger partial charge is 0.494 e. The lowest BCUT2D eigenvalue weighted by Gasteiger charge is -2.18. The van der Waals surface area contributed by atoms with Crippen LogP contribution in [0.5, 0.6) is 5.75 Å². The summed E-state index contributed by atoms with van der Waals surface area (Å²) < 4.78 is 32.2. The van der Waals surface area contributed by atoms with E-state index < -0.39 is 10.0 Å². The van der Waals surface area contributed by atoms with E-state index in [1.165, 1.54) is 4.31 Å². The second kappa shape index (κ2) is 6.67. The Balaban J connectivity index is 1.85. The Morgan fingerprint density at radius 2 is 1.83 bits per heavy atom. The van der Waals surface area contributed by atoms with Gasteiger partial charge in [0.1, 0.15) is 5.75 Å². The van der Waals surface area contributed by atoms with Crippen molar-refractivity contribution >= 4 is 20.9 Å². The first kappa shape index (κ1) is 16.5. The molecule has 0 spiro atoms. The molecule has 3 aromatic rings. The Morgan fingerprint density at radius 1 is 1.08 bits per heavy atom. The van der Waals surface area contributed by atoms with Crippen molar-refractivity contribution in [3.63, 3.8) is 0 Å². The van der Waals surface area contributed by atoms with Gasteiger partial charge < -0.3 is 9.72 Å². The van der Waals surface area contributed by atoms with E-state index >= 15 is 0 Å². The van der Waals surface area contributed by atoms with Crippen molar-refractivity contribution in [2.45, 2.75) is 18.4 Å². The summed E-state index contributed by atoms with van der Waals surface area (Å²) in [5.74, 6) is 0.663. The van der Waals surface area contributed by atoms with Gasteiger partial charge in [-0.2, -0.15) is 4.31 Å². The summed E-state index contributed by atoms with van der Waals surface area (Å²) in [6.07, 6.45) is 1.86. The minimum absolute atomic E-state index is 0.259. The third-order valence-electron chi connectivity index (χ3n) is 3.92. The van der Waals surface area contributed by atoms with Crippen molar-refractivity contribution in [1.29, 1.82) is 0 Å². The van der Waals surface area contributed by atoms with Gasteiger partial charge in [0.25, 0.3) is 0 Å². The molecule has 3 rings (SSSR count). The Morgan fingerprint density at radius 3 is 2.54 bits per heavy atom. The Kier molecular flexibility index (Phi) is 4.59. The topological polar surface area (TPSA) is 62.4 Å². The van der Waals surface area contributed by atoms with Crippen LogP contribution in [0.25, 0.3) is 10.9 Å². The lowest BCUT2D eigenvalue weighted by atomic mass is 10.1. The summed E-state index contributed by atoms with van der Waals surface area (Å²) in [6.45, 7) is 2.75. The van der Waals surface area contributed by atoms with Crippen molar-refractivity contribution in [3.05, 3.63) is 60.3 Å². The van der Waals surface area contributed by atoms with E-state index in [9.17, 15) is 8.42 Å². The average Bonchev–Trinajstić information content (AvgIpc) is 3.05. The zero-order chi connectivity index (χ0) is 17.2. The molecule has 1 N–H and O–H groups in total. The van der Waals surface area contributed by atoms with Gasteiger partial charge in [0, 0.05) is 30.7 Å². The predicted octanol–water partition coefficient (Wildman–Crippen LogP) is 3.39. The number of hydrogen-bond acceptors (Lipinski definition) is 3. The molecule has 0 amide bonds. The maximum absolute atomic E-state index is 12.8. The normalized spacial score (nSPS) is 12.0. The monoisotopic (exact) mass is 344 g/mol. The van der Waals surface area contributed by atoms with Crippen molar-refractivity contribution < 1.29 is 13.2 Å². The summed E-state index contributed by atoms with van der Waals surface area (Å²) in [5.41, 5.74) is 1.96. The van der Waals surface area contributed by atoms with Gasteiger partial charge in [-0.05, 0) is 48.9 Å². The minimum atomic E-state index is -3.55. The van der Waals surface area contributed by atoms with E-state index in [-0.39, 0.29) is 4.90 Å². The molecule has 1 heterocycles. The Labute approximate surface area is 141 Å². The molecule has 0 aliphatic carbocycles. The zero-order valence-electron chi connectivity index (χ0n) is 13.7. The molecule has 0 bridgehead atoms. The second-order valence-electron chi connectivity index (χ2n) is 5.52. The summed E-state index contributed by atoms with van der Waals surface area (Å²) in [4.78, 5) is 3.40. The van der Waals surface area contributed by atoms with E-state index in [1.54, 1.807) is 31.3 Å². The number of nitrogens with one attached hydrogen (secondary N) is 1. The first-order valence-electron chi connectivity index (χ1n) is 7.76. The number of rotatable bonds is 6. The fourth-order valence-electron chi connectivity index (χ4n) is 2.67. The van der Waals surface area contributed by atoms with Crippen molar-refractivity contribution in [2.75, 3.05) is 13.7 Å². The predicted molar refractivity (Wildman–Crippen MR) is 94.6 cm³/mol. The summed E-state index contributed by atoms with van der Waals surface area (Å²) in [5, 5.41) is 1.03. The van der Waals surface area contributed by atoms with E-state index in [0.29, 0.717) is 18.9 Å². The highest BCUT2D eigenvalue weighted by atomic mass is 32.2. The highest BCUT2D eigenvalue weighted by Crippen LogP contribution is 2.23. The van der Waals surface area contributed by atoms with E-state index in [0.717, 1.165) is 16.5 Å². The number of fused-ring (bicyclic) bond motifs is 1. The highest BCUT2D eigenvalue weighted by Gasteiger charge is 2.21. The molecule has 0 aliphatic rings. The standard InChI is InChI=1S/C18H20N2O3S/c1-3-23-15-7-9-16(10-8-15)24(21,22)20(2)13-14-5-4-6-18-17(14)11-12-19-18/h4-12,19H,3,13H2,1-2H3. The summed E-state index contributed by atoms with van der Waals surface area (Å²) in [7, 11) is -1.96. The van der Waals surface area contributed by atoms with Crippen molar-refractivity contribution in [1.82, 2.24) is 9.29 Å². The fraction of sp³-hybridized carbons (Fsp3) is 0.222. The minimum Gasteiger partial charge on any atom is -0.494 e. The summed E-state index contributed by atoms with van der Waals surface area (Å²) >= 11 is 0. The van der Waals surface area contributed by atoms with Crippen LogP contribution in [0, 0.1) is 0 Å². The molecule has 1 aromatic heterocycles. The average molecular weight is 344 g/mol. The first-order chi connectivity index (χ1) is 11.5. The second-order valence-corrected chi connectivity index (χ2v) is 7.57. The number of benzene rings is 2. The highest BCUT2D eigenvalue weighted by molar-refractivity contribution is 7.89. The van der Waals surface area contributed by atoms with Gasteiger partial charge in [-0.3, -0.25) is 0 Å². The molecule has 0 fully saturated rings. The molecule has 0 saturated heterocycles. The Bertz CT molecular complexity index is 930. The first-order valence-corrected chi connectivity index (χ1v) is 9.20. The number of ether oxygens (including phenoxy) is 1. The third kappa shape index (κ3) is 3.16. The van der Waals surface area contributed by atoms with Crippen LogP contribution in [0.1, 0.15) is 12.5 Å². The van der Waals surface area contributed by atoms with Crippen LogP contribution in [0.3, 0.4) is 0 Å². The quantitative estimate of drug-likeness (QED) is 0.745. The molecular formula is C18H20N2O3S. The van der Waals surface area contributed by atoms with E-state index in [4.69, 9.17) is 4.74 Å².